The SMILES string of the molecule is Cc1ccc([Si](c2ccc(C)cc2)=[Zr+2]([C]2=CC=CC2)[c]2c(C(C)(C)C)ccc3c2Cc2cc(C(C)(C)C)ccc2-3)cc1.[Cl-].[Cl-]. The second kappa shape index (κ2) is 13.4. The molecule has 226 valence electrons. The van der Waals surface area contributed by atoms with Gasteiger partial charge in [-0.1, -0.05) is 0 Å². The van der Waals surface area contributed by atoms with E-state index in [2.05, 4.69) is 152 Å². The molecule has 0 aliphatic heterocycles. The van der Waals surface area contributed by atoms with Crippen molar-refractivity contribution in [3.05, 3.63) is 134 Å². The predicted molar refractivity (Wildman–Crippen MR) is 181 cm³/mol. The van der Waals surface area contributed by atoms with Crippen molar-refractivity contribution in [1.29, 1.82) is 0 Å². The molecular weight excluding hydrogens is 671 g/mol. The maximum atomic E-state index is 2.52. The molecule has 0 fully saturated rings. The molecule has 0 saturated heterocycles. The van der Waals surface area contributed by atoms with Crippen molar-refractivity contribution in [2.45, 2.75) is 79.1 Å². The van der Waals surface area contributed by atoms with Crippen LogP contribution >= 0.6 is 0 Å². The molecule has 0 radical (unpaired) electrons. The van der Waals surface area contributed by atoms with E-state index in [0.29, 0.717) is 0 Å². The average Bonchev–Trinajstić information content (AvgIpc) is 3.59. The van der Waals surface area contributed by atoms with Crippen molar-refractivity contribution >= 4 is 19.1 Å². The van der Waals surface area contributed by atoms with Crippen LogP contribution in [0.2, 0.25) is 0 Å². The number of halogens is 2. The van der Waals surface area contributed by atoms with E-state index in [9.17, 15) is 0 Å². The Morgan fingerprint density at radius 2 is 1.23 bits per heavy atom. The van der Waals surface area contributed by atoms with Gasteiger partial charge in [-0.3, -0.25) is 0 Å². The van der Waals surface area contributed by atoms with Crippen LogP contribution in [-0.2, 0) is 37.6 Å². The van der Waals surface area contributed by atoms with Gasteiger partial charge in [0.2, 0.25) is 0 Å². The molecule has 4 aromatic carbocycles. The van der Waals surface area contributed by atoms with Gasteiger partial charge in [-0.2, -0.15) is 0 Å². The van der Waals surface area contributed by atoms with E-state index in [-0.39, 0.29) is 35.6 Å². The minimum Gasteiger partial charge on any atom is -1.00 e. The Labute approximate surface area is 286 Å². The van der Waals surface area contributed by atoms with Gasteiger partial charge in [-0.25, -0.2) is 0 Å². The molecule has 0 unspecified atom stereocenters. The Morgan fingerprint density at radius 3 is 1.73 bits per heavy atom. The van der Waals surface area contributed by atoms with Gasteiger partial charge in [0.15, 0.2) is 0 Å². The fraction of sp³-hybridized carbons (Fsp3) is 0.300. The van der Waals surface area contributed by atoms with Gasteiger partial charge in [-0.05, 0) is 0 Å². The van der Waals surface area contributed by atoms with E-state index in [1.54, 1.807) is 28.1 Å². The maximum Gasteiger partial charge on any atom is -1.00 e. The third-order valence-electron chi connectivity index (χ3n) is 9.02. The zero-order valence-electron chi connectivity index (χ0n) is 27.4. The summed E-state index contributed by atoms with van der Waals surface area (Å²) in [5.74, 6) is 0. The van der Waals surface area contributed by atoms with E-state index in [1.165, 1.54) is 33.4 Å². The van der Waals surface area contributed by atoms with Crippen molar-refractivity contribution in [3.8, 4) is 11.1 Å². The van der Waals surface area contributed by atoms with Crippen LogP contribution in [0.15, 0.2) is 100 Å². The van der Waals surface area contributed by atoms with Crippen molar-refractivity contribution in [2.75, 3.05) is 0 Å². The summed E-state index contributed by atoms with van der Waals surface area (Å²) in [6, 6.07) is 31.6. The number of hydrogen-bond acceptors (Lipinski definition) is 0. The molecule has 0 saturated carbocycles. The van der Waals surface area contributed by atoms with Crippen molar-refractivity contribution in [3.63, 3.8) is 0 Å². The van der Waals surface area contributed by atoms with E-state index < -0.39 is 25.8 Å². The molecule has 0 bridgehead atoms. The molecule has 0 nitrogen and oxygen atoms in total. The second-order valence-corrected chi connectivity index (χ2v) is 27.6. The average molecular weight is 715 g/mol. The molecule has 2 aliphatic carbocycles. The first kappa shape index (κ1) is 34.9. The van der Waals surface area contributed by atoms with Crippen LogP contribution in [0.5, 0.6) is 0 Å². The van der Waals surface area contributed by atoms with Gasteiger partial charge in [0.1, 0.15) is 0 Å². The van der Waals surface area contributed by atoms with Gasteiger partial charge >= 0.3 is 263 Å². The summed E-state index contributed by atoms with van der Waals surface area (Å²) in [5.41, 5.74) is 11.0. The Balaban J connectivity index is 0.00000221. The quantitative estimate of drug-likeness (QED) is 0.251. The first-order valence-electron chi connectivity index (χ1n) is 15.5. The minimum atomic E-state index is -2.56. The molecule has 44 heavy (non-hydrogen) atoms. The summed E-state index contributed by atoms with van der Waals surface area (Å²) in [5, 5.41) is 3.17. The van der Waals surface area contributed by atoms with Gasteiger partial charge in [0.05, 0.1) is 0 Å². The number of benzene rings is 4. The first-order valence-corrected chi connectivity index (χ1v) is 23.1. The molecule has 0 amide bonds. The molecule has 0 atom stereocenters. The molecule has 4 aromatic rings. The van der Waals surface area contributed by atoms with Crippen LogP contribution in [-0.4, -0.2) is 5.43 Å². The zero-order valence-corrected chi connectivity index (χ0v) is 32.4. The molecular formula is C40H44Cl2SiZr. The number of hydrogen-bond donors (Lipinski definition) is 0. The Bertz CT molecular complexity index is 1730. The van der Waals surface area contributed by atoms with Gasteiger partial charge in [0.25, 0.3) is 0 Å². The topological polar surface area (TPSA) is 0 Å². The van der Waals surface area contributed by atoms with E-state index >= 15 is 0 Å². The number of aryl methyl sites for hydroxylation is 2. The Hall–Kier alpha value is -1.96. The van der Waals surface area contributed by atoms with Gasteiger partial charge in [0, 0.05) is 0 Å². The standard InChI is InChI=1S/C21H25.C14H14Si.C5H5.2ClH.Zr/c1-20(2,3)16-7-9-18-14(12-16)11-15-13-17(21(4,5)6)8-10-19(15)18;1-11-3-7-13(8-4-11)15-14-9-5-12(2)6-10-14;1-2-4-5-3-1;;;/h7-10,12H,11H2,1-6H3;3-10H,1-2H3;1-3H,4H2;2*1H;/q;;;;;+2/p-2. The van der Waals surface area contributed by atoms with Crippen LogP contribution in [0, 0.1) is 13.8 Å². The van der Waals surface area contributed by atoms with Crippen LogP contribution in [0.4, 0.5) is 0 Å². The van der Waals surface area contributed by atoms with Crippen LogP contribution in [0.1, 0.15) is 81.3 Å². The van der Waals surface area contributed by atoms with Gasteiger partial charge < -0.3 is 24.8 Å². The Kier molecular flexibility index (Phi) is 10.6. The molecule has 0 spiro atoms. The molecule has 0 heterocycles. The summed E-state index contributed by atoms with van der Waals surface area (Å²) >= 11 is -2.56. The molecule has 4 heteroatoms. The van der Waals surface area contributed by atoms with Gasteiger partial charge in [-0.15, -0.1) is 0 Å². The van der Waals surface area contributed by atoms with Crippen molar-refractivity contribution < 1.29 is 45.2 Å². The molecule has 6 rings (SSSR count). The smallest absolute Gasteiger partial charge is 1.00 e. The third-order valence-corrected chi connectivity index (χ3v) is 27.8. The minimum absolute atomic E-state index is 0. The second-order valence-electron chi connectivity index (χ2n) is 14.4. The van der Waals surface area contributed by atoms with Crippen molar-refractivity contribution in [1.82, 2.24) is 0 Å². The van der Waals surface area contributed by atoms with E-state index in [4.69, 9.17) is 0 Å². The van der Waals surface area contributed by atoms with Crippen molar-refractivity contribution in [2.24, 2.45) is 0 Å². The van der Waals surface area contributed by atoms with Crippen LogP contribution in [0.3, 0.4) is 0 Å². The van der Waals surface area contributed by atoms with E-state index in [0.717, 1.165) is 12.8 Å². The monoisotopic (exact) mass is 712 g/mol. The summed E-state index contributed by atoms with van der Waals surface area (Å²) in [6.45, 7) is 18.8. The first-order chi connectivity index (χ1) is 19.9. The maximum absolute atomic E-state index is 2.56. The molecule has 0 N–H and O–H groups in total. The summed E-state index contributed by atoms with van der Waals surface area (Å²) < 4.78 is 3.55. The van der Waals surface area contributed by atoms with E-state index in [1.807, 2.05) is 0 Å². The molecule has 2 aliphatic rings. The fourth-order valence-electron chi connectivity index (χ4n) is 6.63. The van der Waals surface area contributed by atoms with Crippen LogP contribution < -0.4 is 38.5 Å². The summed E-state index contributed by atoms with van der Waals surface area (Å²) in [4.78, 5) is 0. The zero-order chi connectivity index (χ0) is 29.8. The summed E-state index contributed by atoms with van der Waals surface area (Å²) in [6.07, 6.45) is 9.45. The number of rotatable bonds is 4. The number of fused-ring (bicyclic) bond motifs is 3. The fourth-order valence-corrected chi connectivity index (χ4v) is 28.1. The predicted octanol–water partition coefficient (Wildman–Crippen LogP) is 2.37. The van der Waals surface area contributed by atoms with Crippen LogP contribution in [0.25, 0.3) is 11.1 Å². The summed E-state index contributed by atoms with van der Waals surface area (Å²) in [7, 11) is 0. The normalized spacial score (nSPS) is 13.2. The molecule has 0 aromatic heterocycles. The third kappa shape index (κ3) is 6.76. The largest absolute Gasteiger partial charge is 1.00 e. The Morgan fingerprint density at radius 1 is 0.659 bits per heavy atom. The number of allylic oxidation sites excluding steroid dienone is 4.